The van der Waals surface area contributed by atoms with Crippen molar-refractivity contribution in [3.63, 3.8) is 0 Å². The normalized spacial score (nSPS) is 10.8. The van der Waals surface area contributed by atoms with Gasteiger partial charge in [-0.05, 0) is 30.3 Å². The van der Waals surface area contributed by atoms with Gasteiger partial charge in [-0.15, -0.1) is 0 Å². The highest BCUT2D eigenvalue weighted by Crippen LogP contribution is 2.19. The summed E-state index contributed by atoms with van der Waals surface area (Å²) in [6.45, 7) is 1.43. The van der Waals surface area contributed by atoms with Crippen LogP contribution in [0.15, 0.2) is 53.6 Å². The van der Waals surface area contributed by atoms with E-state index in [-0.39, 0.29) is 11.6 Å². The maximum absolute atomic E-state index is 11.9. The molecule has 0 aliphatic heterocycles. The highest BCUT2D eigenvalue weighted by atomic mass is 35.5. The number of amidine groups is 1. The van der Waals surface area contributed by atoms with Gasteiger partial charge in [0.15, 0.2) is 11.6 Å². The third-order valence-corrected chi connectivity index (χ3v) is 3.39. The fourth-order valence-corrected chi connectivity index (χ4v) is 2.17. The zero-order chi connectivity index (χ0) is 16.8. The first-order valence-electron chi connectivity index (χ1n) is 6.86. The molecule has 0 spiro atoms. The Hall–Kier alpha value is -2.84. The van der Waals surface area contributed by atoms with Gasteiger partial charge in [-0.25, -0.2) is 0 Å². The summed E-state index contributed by atoms with van der Waals surface area (Å²) in [6.07, 6.45) is 0. The molecule has 0 amide bonds. The maximum Gasteiger partial charge on any atom is 0.196 e. The maximum atomic E-state index is 11.9. The Morgan fingerprint density at radius 3 is 2.65 bits per heavy atom. The molecule has 23 heavy (non-hydrogen) atoms. The van der Waals surface area contributed by atoms with E-state index in [9.17, 15) is 4.79 Å². The Kier molecular flexibility index (Phi) is 5.34. The quantitative estimate of drug-likeness (QED) is 0.529. The fourth-order valence-electron chi connectivity index (χ4n) is 1.99. The van der Waals surface area contributed by atoms with Gasteiger partial charge in [0.1, 0.15) is 6.07 Å². The molecule has 2 rings (SSSR count). The monoisotopic (exact) mass is 326 g/mol. The van der Waals surface area contributed by atoms with Crippen LogP contribution in [0.5, 0.6) is 0 Å². The largest absolute Gasteiger partial charge is 0.325 e. The lowest BCUT2D eigenvalue weighted by Crippen LogP contribution is -2.33. The van der Waals surface area contributed by atoms with Crippen LogP contribution in [0.1, 0.15) is 12.5 Å². The Bertz CT molecular complexity index is 795. The lowest BCUT2D eigenvalue weighted by molar-refractivity contribution is -0.111. The molecule has 0 heterocycles. The summed E-state index contributed by atoms with van der Waals surface area (Å²) in [5, 5.41) is 13.8. The minimum absolute atomic E-state index is 0.208. The van der Waals surface area contributed by atoms with Crippen molar-refractivity contribution in [3.05, 3.63) is 59.1 Å². The standard InChI is InChI=1S/C17H15ClN4O/c1-12(23)17(22(2)15-8-5-7-14(18)10-15)21-20-16-9-4-3-6-13(16)11-19/h3-10,20H,1-2H3. The van der Waals surface area contributed by atoms with Crippen LogP contribution < -0.4 is 10.3 Å². The average Bonchev–Trinajstić information content (AvgIpc) is 2.55. The molecule has 2 aromatic rings. The minimum atomic E-state index is -0.214. The number of hydrogen-bond donors (Lipinski definition) is 1. The van der Waals surface area contributed by atoms with Crippen LogP contribution in [0.4, 0.5) is 11.4 Å². The lowest BCUT2D eigenvalue weighted by Gasteiger charge is -2.20. The number of anilines is 2. The van der Waals surface area contributed by atoms with Crippen molar-refractivity contribution in [2.24, 2.45) is 5.10 Å². The molecule has 0 saturated carbocycles. The molecule has 0 bridgehead atoms. The van der Waals surface area contributed by atoms with E-state index < -0.39 is 0 Å². The molecule has 0 saturated heterocycles. The number of nitrogens with zero attached hydrogens (tertiary/aromatic N) is 3. The summed E-state index contributed by atoms with van der Waals surface area (Å²) in [5.74, 6) is -0.00516. The molecule has 0 unspecified atom stereocenters. The van der Waals surface area contributed by atoms with E-state index in [1.807, 2.05) is 6.07 Å². The summed E-state index contributed by atoms with van der Waals surface area (Å²) >= 11 is 5.98. The number of hydrogen-bond acceptors (Lipinski definition) is 4. The predicted molar refractivity (Wildman–Crippen MR) is 92.8 cm³/mol. The molecule has 0 fully saturated rings. The summed E-state index contributed by atoms with van der Waals surface area (Å²) in [5.41, 5.74) is 4.50. The molecule has 2 aromatic carbocycles. The van der Waals surface area contributed by atoms with Gasteiger partial charge >= 0.3 is 0 Å². The second-order valence-electron chi connectivity index (χ2n) is 4.80. The van der Waals surface area contributed by atoms with Gasteiger partial charge in [0.05, 0.1) is 11.3 Å². The molecular formula is C17H15ClN4O. The van der Waals surface area contributed by atoms with Crippen LogP contribution in [0.3, 0.4) is 0 Å². The van der Waals surface area contributed by atoms with E-state index in [1.165, 1.54) is 6.92 Å². The van der Waals surface area contributed by atoms with Gasteiger partial charge in [-0.3, -0.25) is 10.2 Å². The van der Waals surface area contributed by atoms with E-state index in [4.69, 9.17) is 16.9 Å². The Balaban J connectivity index is 2.31. The van der Waals surface area contributed by atoms with Crippen LogP contribution in [0.25, 0.3) is 0 Å². The fraction of sp³-hybridized carbons (Fsp3) is 0.118. The van der Waals surface area contributed by atoms with Gasteiger partial charge in [-0.2, -0.15) is 10.4 Å². The van der Waals surface area contributed by atoms with Crippen molar-refractivity contribution in [1.82, 2.24) is 0 Å². The predicted octanol–water partition coefficient (Wildman–Crippen LogP) is 3.66. The van der Waals surface area contributed by atoms with Crippen LogP contribution in [0, 0.1) is 11.3 Å². The van der Waals surface area contributed by atoms with Gasteiger partial charge in [0, 0.05) is 24.7 Å². The van der Waals surface area contributed by atoms with Crippen molar-refractivity contribution in [3.8, 4) is 6.07 Å². The van der Waals surface area contributed by atoms with Crippen LogP contribution in [-0.4, -0.2) is 18.7 Å². The van der Waals surface area contributed by atoms with E-state index in [0.717, 1.165) is 5.69 Å². The Morgan fingerprint density at radius 2 is 2.00 bits per heavy atom. The van der Waals surface area contributed by atoms with Crippen LogP contribution in [0.2, 0.25) is 5.02 Å². The molecule has 5 nitrogen and oxygen atoms in total. The van der Waals surface area contributed by atoms with Gasteiger partial charge < -0.3 is 4.90 Å². The van der Waals surface area contributed by atoms with E-state index in [2.05, 4.69) is 16.6 Å². The van der Waals surface area contributed by atoms with Crippen molar-refractivity contribution in [1.29, 1.82) is 5.26 Å². The number of hydrazone groups is 1. The summed E-state index contributed by atoms with van der Waals surface area (Å²) < 4.78 is 0. The van der Waals surface area contributed by atoms with Crippen molar-refractivity contribution >= 4 is 34.6 Å². The molecule has 0 aliphatic rings. The number of nitriles is 1. The molecule has 0 atom stereocenters. The highest BCUT2D eigenvalue weighted by molar-refractivity contribution is 6.43. The number of nitrogens with one attached hydrogen (secondary N) is 1. The molecule has 116 valence electrons. The van der Waals surface area contributed by atoms with Gasteiger partial charge in [0.2, 0.25) is 0 Å². The van der Waals surface area contributed by atoms with Gasteiger partial charge in [0.25, 0.3) is 0 Å². The number of ketones is 1. The smallest absolute Gasteiger partial charge is 0.196 e. The number of rotatable bonds is 4. The van der Waals surface area contributed by atoms with Crippen LogP contribution in [-0.2, 0) is 4.79 Å². The Labute approximate surface area is 139 Å². The molecule has 6 heteroatoms. The van der Waals surface area contributed by atoms with E-state index in [1.54, 1.807) is 54.4 Å². The number of carbonyl (C=O) groups is 1. The third kappa shape index (κ3) is 4.09. The number of carbonyl (C=O) groups excluding carboxylic acids is 1. The first kappa shape index (κ1) is 16.5. The minimum Gasteiger partial charge on any atom is -0.325 e. The van der Waals surface area contributed by atoms with Crippen LogP contribution >= 0.6 is 11.6 Å². The number of Topliss-reactive ketones (excluding diaryl/α,β-unsaturated/α-hetero) is 1. The number of benzene rings is 2. The highest BCUT2D eigenvalue weighted by Gasteiger charge is 2.14. The second kappa shape index (κ2) is 7.43. The molecular weight excluding hydrogens is 312 g/mol. The van der Waals surface area contributed by atoms with E-state index in [0.29, 0.717) is 16.3 Å². The second-order valence-corrected chi connectivity index (χ2v) is 5.24. The zero-order valence-electron chi connectivity index (χ0n) is 12.7. The molecule has 1 N–H and O–H groups in total. The molecule has 0 radical (unpaired) electrons. The number of halogens is 1. The van der Waals surface area contributed by atoms with E-state index >= 15 is 0 Å². The molecule has 0 aromatic heterocycles. The number of para-hydroxylation sites is 1. The summed E-state index contributed by atoms with van der Waals surface area (Å²) in [7, 11) is 1.73. The van der Waals surface area contributed by atoms with Gasteiger partial charge in [-0.1, -0.05) is 29.8 Å². The summed E-state index contributed by atoms with van der Waals surface area (Å²) in [4.78, 5) is 13.5. The topological polar surface area (TPSA) is 68.5 Å². The zero-order valence-corrected chi connectivity index (χ0v) is 13.5. The lowest BCUT2D eigenvalue weighted by atomic mass is 10.2. The first-order chi connectivity index (χ1) is 11.0. The number of likely N-dealkylation sites (N-methyl/N-ethyl adjacent to an activating group) is 1. The first-order valence-corrected chi connectivity index (χ1v) is 7.24. The average molecular weight is 327 g/mol. The Morgan fingerprint density at radius 1 is 1.26 bits per heavy atom. The third-order valence-electron chi connectivity index (χ3n) is 3.16. The van der Waals surface area contributed by atoms with Crippen molar-refractivity contribution < 1.29 is 4.79 Å². The molecule has 0 aliphatic carbocycles. The van der Waals surface area contributed by atoms with Crippen molar-refractivity contribution in [2.45, 2.75) is 6.92 Å². The summed E-state index contributed by atoms with van der Waals surface area (Å²) in [6, 6.07) is 16.1. The van der Waals surface area contributed by atoms with Crippen molar-refractivity contribution in [2.75, 3.05) is 17.4 Å². The SMILES string of the molecule is CC(=O)C(=NNc1ccccc1C#N)N(C)c1cccc(Cl)c1.